The molecule has 1 fully saturated rings. The van der Waals surface area contributed by atoms with Gasteiger partial charge in [-0.3, -0.25) is 4.79 Å². The maximum Gasteiger partial charge on any atom is 0.311 e. The van der Waals surface area contributed by atoms with Crippen LogP contribution in [-0.4, -0.2) is 36.8 Å². The van der Waals surface area contributed by atoms with Crippen LogP contribution in [-0.2, 0) is 20.7 Å². The minimum Gasteiger partial charge on any atom is -0.466 e. The van der Waals surface area contributed by atoms with Crippen molar-refractivity contribution in [2.24, 2.45) is 0 Å². The zero-order chi connectivity index (χ0) is 13.7. The quantitative estimate of drug-likeness (QED) is 0.778. The van der Waals surface area contributed by atoms with E-state index in [1.807, 2.05) is 5.38 Å². The fraction of sp³-hybridized carbons (Fsp3) is 0.692. The van der Waals surface area contributed by atoms with Crippen molar-refractivity contribution in [1.29, 1.82) is 0 Å². The van der Waals surface area contributed by atoms with Crippen LogP contribution in [0.4, 0.5) is 5.13 Å². The third kappa shape index (κ3) is 3.67. The Kier molecular flexibility index (Phi) is 4.76. The maximum absolute atomic E-state index is 11.3. The lowest BCUT2D eigenvalue weighted by Crippen LogP contribution is -2.45. The minimum atomic E-state index is -0.230. The molecule has 1 saturated carbocycles. The van der Waals surface area contributed by atoms with Crippen molar-refractivity contribution in [3.8, 4) is 0 Å². The summed E-state index contributed by atoms with van der Waals surface area (Å²) in [6.45, 7) is 2.98. The molecule has 1 aromatic rings. The van der Waals surface area contributed by atoms with Crippen LogP contribution in [0.1, 0.15) is 31.9 Å². The second-order valence-corrected chi connectivity index (χ2v) is 5.58. The predicted molar refractivity (Wildman–Crippen MR) is 74.5 cm³/mol. The monoisotopic (exact) mass is 284 g/mol. The molecule has 106 valence electrons. The smallest absolute Gasteiger partial charge is 0.311 e. The topological polar surface area (TPSA) is 60.5 Å². The number of aromatic nitrogens is 1. The van der Waals surface area contributed by atoms with E-state index in [0.717, 1.165) is 30.2 Å². The van der Waals surface area contributed by atoms with Gasteiger partial charge in [-0.2, -0.15) is 0 Å². The largest absolute Gasteiger partial charge is 0.466 e. The summed E-state index contributed by atoms with van der Waals surface area (Å²) in [5, 5.41) is 6.02. The molecule has 1 N–H and O–H groups in total. The molecule has 0 atom stereocenters. The van der Waals surface area contributed by atoms with E-state index in [-0.39, 0.29) is 18.0 Å². The molecule has 1 aliphatic rings. The number of hydrogen-bond acceptors (Lipinski definition) is 6. The van der Waals surface area contributed by atoms with Crippen LogP contribution in [0.15, 0.2) is 5.38 Å². The molecule has 0 aromatic carbocycles. The van der Waals surface area contributed by atoms with Crippen LogP contribution in [0.2, 0.25) is 0 Å². The van der Waals surface area contributed by atoms with E-state index in [9.17, 15) is 4.79 Å². The van der Waals surface area contributed by atoms with E-state index in [0.29, 0.717) is 6.61 Å². The van der Waals surface area contributed by atoms with Gasteiger partial charge in [0.1, 0.15) is 0 Å². The fourth-order valence-electron chi connectivity index (χ4n) is 2.09. The van der Waals surface area contributed by atoms with E-state index in [1.165, 1.54) is 17.8 Å². The van der Waals surface area contributed by atoms with E-state index in [2.05, 4.69) is 10.3 Å². The van der Waals surface area contributed by atoms with Gasteiger partial charge in [0.05, 0.1) is 24.3 Å². The molecular weight excluding hydrogens is 264 g/mol. The molecule has 0 unspecified atom stereocenters. The average Bonchev–Trinajstić information content (AvgIpc) is 2.76. The van der Waals surface area contributed by atoms with Gasteiger partial charge in [-0.1, -0.05) is 0 Å². The molecule has 5 nitrogen and oxygen atoms in total. The van der Waals surface area contributed by atoms with Gasteiger partial charge in [0.15, 0.2) is 5.13 Å². The van der Waals surface area contributed by atoms with Crippen molar-refractivity contribution in [3.63, 3.8) is 0 Å². The van der Waals surface area contributed by atoms with Crippen LogP contribution in [0, 0.1) is 0 Å². The fourth-order valence-corrected chi connectivity index (χ4v) is 2.80. The van der Waals surface area contributed by atoms with Crippen LogP contribution in [0.5, 0.6) is 0 Å². The van der Waals surface area contributed by atoms with Crippen molar-refractivity contribution in [2.75, 3.05) is 25.6 Å². The van der Waals surface area contributed by atoms with Crippen molar-refractivity contribution in [1.82, 2.24) is 4.98 Å². The van der Waals surface area contributed by atoms with Gasteiger partial charge in [0.25, 0.3) is 0 Å². The second kappa shape index (κ2) is 6.34. The normalized spacial score (nSPS) is 16.7. The maximum atomic E-state index is 11.3. The Hall–Kier alpha value is -1.14. The molecule has 1 aliphatic carbocycles. The lowest BCUT2D eigenvalue weighted by Gasteiger charge is -2.40. The highest BCUT2D eigenvalue weighted by Crippen LogP contribution is 2.35. The highest BCUT2D eigenvalue weighted by molar-refractivity contribution is 7.13. The lowest BCUT2D eigenvalue weighted by atomic mass is 9.80. The molecule has 0 bridgehead atoms. The van der Waals surface area contributed by atoms with Crippen LogP contribution < -0.4 is 5.32 Å². The average molecular weight is 284 g/mol. The first kappa shape index (κ1) is 14.3. The number of carbonyl (C=O) groups is 1. The summed E-state index contributed by atoms with van der Waals surface area (Å²) < 4.78 is 10.4. The lowest BCUT2D eigenvalue weighted by molar-refractivity contribution is -0.142. The molecule has 1 heterocycles. The number of nitrogens with zero attached hydrogens (tertiary/aromatic N) is 1. The van der Waals surface area contributed by atoms with Crippen molar-refractivity contribution >= 4 is 22.4 Å². The molecular formula is C13H20N2O3S. The summed E-state index contributed by atoms with van der Waals surface area (Å²) >= 11 is 1.51. The molecule has 0 amide bonds. The molecule has 6 heteroatoms. The van der Waals surface area contributed by atoms with Crippen molar-refractivity contribution < 1.29 is 14.3 Å². The Morgan fingerprint density at radius 1 is 1.58 bits per heavy atom. The Morgan fingerprint density at radius 3 is 2.95 bits per heavy atom. The molecule has 0 saturated heterocycles. The van der Waals surface area contributed by atoms with Crippen LogP contribution in [0.25, 0.3) is 0 Å². The van der Waals surface area contributed by atoms with Gasteiger partial charge in [0, 0.05) is 19.0 Å². The number of anilines is 1. The Bertz CT molecular complexity index is 424. The van der Waals surface area contributed by atoms with E-state index in [1.54, 1.807) is 14.0 Å². The standard InChI is InChI=1S/C13H20N2O3S/c1-3-18-11(16)7-10-8-19-12(15-10)14-9-13(17-2)5-4-6-13/h8H,3-7,9H2,1-2H3,(H,14,15). The van der Waals surface area contributed by atoms with Crippen molar-refractivity contribution in [3.05, 3.63) is 11.1 Å². The first-order chi connectivity index (χ1) is 9.17. The van der Waals surface area contributed by atoms with E-state index >= 15 is 0 Å². The number of thiazole rings is 1. The predicted octanol–water partition coefficient (Wildman–Crippen LogP) is 2.23. The number of carbonyl (C=O) groups excluding carboxylic acids is 1. The molecule has 19 heavy (non-hydrogen) atoms. The Balaban J connectivity index is 1.82. The summed E-state index contributed by atoms with van der Waals surface area (Å²) in [5.41, 5.74) is 0.735. The SMILES string of the molecule is CCOC(=O)Cc1csc(NCC2(OC)CCC2)n1. The number of hydrogen-bond donors (Lipinski definition) is 1. The van der Waals surface area contributed by atoms with Gasteiger partial charge < -0.3 is 14.8 Å². The van der Waals surface area contributed by atoms with E-state index in [4.69, 9.17) is 9.47 Å². The first-order valence-electron chi connectivity index (χ1n) is 6.56. The van der Waals surface area contributed by atoms with Crippen molar-refractivity contribution in [2.45, 2.75) is 38.2 Å². The van der Waals surface area contributed by atoms with Crippen LogP contribution in [0.3, 0.4) is 0 Å². The van der Waals surface area contributed by atoms with Gasteiger partial charge in [-0.25, -0.2) is 4.98 Å². The molecule has 0 spiro atoms. The van der Waals surface area contributed by atoms with E-state index < -0.39 is 0 Å². The molecule has 2 rings (SSSR count). The van der Waals surface area contributed by atoms with Gasteiger partial charge in [-0.05, 0) is 26.2 Å². The zero-order valence-electron chi connectivity index (χ0n) is 11.4. The first-order valence-corrected chi connectivity index (χ1v) is 7.44. The molecule has 1 aromatic heterocycles. The summed E-state index contributed by atoms with van der Waals surface area (Å²) in [6.07, 6.45) is 3.65. The number of rotatable bonds is 7. The third-order valence-corrected chi connectivity index (χ3v) is 4.29. The second-order valence-electron chi connectivity index (χ2n) is 4.72. The summed E-state index contributed by atoms with van der Waals surface area (Å²) in [6, 6.07) is 0. The summed E-state index contributed by atoms with van der Waals surface area (Å²) in [7, 11) is 1.76. The van der Waals surface area contributed by atoms with Gasteiger partial charge in [0.2, 0.25) is 0 Å². The number of methoxy groups -OCH3 is 1. The highest BCUT2D eigenvalue weighted by Gasteiger charge is 2.36. The number of esters is 1. The molecule has 0 aliphatic heterocycles. The Labute approximate surface area is 117 Å². The highest BCUT2D eigenvalue weighted by atomic mass is 32.1. The zero-order valence-corrected chi connectivity index (χ0v) is 12.2. The van der Waals surface area contributed by atoms with Gasteiger partial charge >= 0.3 is 5.97 Å². The molecule has 0 radical (unpaired) electrons. The number of ether oxygens (including phenoxy) is 2. The third-order valence-electron chi connectivity index (χ3n) is 3.44. The minimum absolute atomic E-state index is 0.0209. The van der Waals surface area contributed by atoms with Crippen LogP contribution >= 0.6 is 11.3 Å². The summed E-state index contributed by atoms with van der Waals surface area (Å²) in [4.78, 5) is 15.7. The number of nitrogens with one attached hydrogen (secondary N) is 1. The Morgan fingerprint density at radius 2 is 2.37 bits per heavy atom. The summed E-state index contributed by atoms with van der Waals surface area (Å²) in [5.74, 6) is -0.230. The van der Waals surface area contributed by atoms with Gasteiger partial charge in [-0.15, -0.1) is 11.3 Å².